The number of alkyl halides is 3. The molecule has 1 amide bonds. The Morgan fingerprint density at radius 1 is 1.28 bits per heavy atom. The van der Waals surface area contributed by atoms with Crippen LogP contribution in [0.1, 0.15) is 54.6 Å². The largest absolute Gasteiger partial charge is 0.416 e. The average molecular weight is 358 g/mol. The third-order valence-corrected chi connectivity index (χ3v) is 4.67. The van der Waals surface area contributed by atoms with Crippen molar-refractivity contribution >= 4 is 5.91 Å². The van der Waals surface area contributed by atoms with Crippen LogP contribution in [-0.4, -0.2) is 17.7 Å². The molecule has 4 nitrogen and oxygen atoms in total. The van der Waals surface area contributed by atoms with Crippen LogP contribution in [0.5, 0.6) is 0 Å². The summed E-state index contributed by atoms with van der Waals surface area (Å²) in [5.74, 6) is -0.980. The number of hydroxylamine groups is 1. The SMILES string of the molecule is C=CCC(CC)(CC)CNCc1ccc(C(=O)NO)cc1C(F)(F)F. The van der Waals surface area contributed by atoms with Crippen LogP contribution in [0.15, 0.2) is 30.9 Å². The van der Waals surface area contributed by atoms with Crippen molar-refractivity contribution in [1.29, 1.82) is 0 Å². The fraction of sp³-hybridized carbons (Fsp3) is 0.500. The molecule has 0 aromatic heterocycles. The van der Waals surface area contributed by atoms with Crippen molar-refractivity contribution in [3.05, 3.63) is 47.5 Å². The molecule has 0 bridgehead atoms. The minimum atomic E-state index is -4.59. The predicted octanol–water partition coefficient (Wildman–Crippen LogP) is 4.30. The van der Waals surface area contributed by atoms with E-state index in [1.807, 2.05) is 6.08 Å². The molecule has 3 N–H and O–H groups in total. The van der Waals surface area contributed by atoms with Crippen LogP contribution in [0.2, 0.25) is 0 Å². The Morgan fingerprint density at radius 2 is 1.92 bits per heavy atom. The first-order chi connectivity index (χ1) is 11.7. The maximum Gasteiger partial charge on any atom is 0.416 e. The lowest BCUT2D eigenvalue weighted by molar-refractivity contribution is -0.138. The number of hydrogen-bond donors (Lipinski definition) is 3. The Kier molecular flexibility index (Phi) is 7.63. The molecule has 0 aliphatic heterocycles. The van der Waals surface area contributed by atoms with Gasteiger partial charge in [0, 0.05) is 18.7 Å². The number of amides is 1. The van der Waals surface area contributed by atoms with Crippen molar-refractivity contribution in [2.75, 3.05) is 6.54 Å². The summed E-state index contributed by atoms with van der Waals surface area (Å²) in [7, 11) is 0. The Bertz CT molecular complexity index is 596. The van der Waals surface area contributed by atoms with E-state index in [9.17, 15) is 18.0 Å². The van der Waals surface area contributed by atoms with Crippen LogP contribution in [0.25, 0.3) is 0 Å². The van der Waals surface area contributed by atoms with E-state index in [-0.39, 0.29) is 23.1 Å². The number of allylic oxidation sites excluding steroid dienone is 1. The van der Waals surface area contributed by atoms with Crippen molar-refractivity contribution < 1.29 is 23.2 Å². The molecule has 0 unspecified atom stereocenters. The van der Waals surface area contributed by atoms with Gasteiger partial charge in [0.25, 0.3) is 5.91 Å². The Hall–Kier alpha value is -1.86. The smallest absolute Gasteiger partial charge is 0.312 e. The monoisotopic (exact) mass is 358 g/mol. The first-order valence-corrected chi connectivity index (χ1v) is 8.19. The van der Waals surface area contributed by atoms with E-state index in [0.717, 1.165) is 25.3 Å². The molecule has 0 fully saturated rings. The molecule has 0 aliphatic rings. The number of carbonyl (C=O) groups is 1. The van der Waals surface area contributed by atoms with Crippen LogP contribution in [0, 0.1) is 5.41 Å². The van der Waals surface area contributed by atoms with Gasteiger partial charge in [0.05, 0.1) is 5.56 Å². The van der Waals surface area contributed by atoms with E-state index in [2.05, 4.69) is 25.7 Å². The standard InChI is InChI=1S/C18H25F3N2O2/c1-4-9-17(5-2,6-3)12-22-11-14-8-7-13(16(24)23-25)10-15(14)18(19,20)21/h4,7-8,10,22,25H,1,5-6,9,11-12H2,2-3H3,(H,23,24). The summed E-state index contributed by atoms with van der Waals surface area (Å²) in [4.78, 5) is 11.3. The van der Waals surface area contributed by atoms with Gasteiger partial charge in [0.15, 0.2) is 0 Å². The molecule has 1 aromatic rings. The van der Waals surface area contributed by atoms with E-state index in [1.54, 1.807) is 0 Å². The van der Waals surface area contributed by atoms with Crippen molar-refractivity contribution in [3.63, 3.8) is 0 Å². The molecule has 0 heterocycles. The third-order valence-electron chi connectivity index (χ3n) is 4.67. The van der Waals surface area contributed by atoms with Crippen LogP contribution < -0.4 is 10.8 Å². The zero-order valence-corrected chi connectivity index (χ0v) is 14.5. The molecule has 1 rings (SSSR count). The van der Waals surface area contributed by atoms with Gasteiger partial charge in [-0.25, -0.2) is 5.48 Å². The number of carbonyl (C=O) groups excluding carboxylic acids is 1. The molecular formula is C18H25F3N2O2. The van der Waals surface area contributed by atoms with Gasteiger partial charge < -0.3 is 5.32 Å². The molecule has 0 spiro atoms. The Morgan fingerprint density at radius 3 is 2.40 bits per heavy atom. The highest BCUT2D eigenvalue weighted by Crippen LogP contribution is 2.33. The fourth-order valence-electron chi connectivity index (χ4n) is 2.83. The molecule has 25 heavy (non-hydrogen) atoms. The van der Waals surface area contributed by atoms with Crippen molar-refractivity contribution in [2.45, 2.75) is 45.8 Å². The highest BCUT2D eigenvalue weighted by molar-refractivity contribution is 5.93. The van der Waals surface area contributed by atoms with Crippen molar-refractivity contribution in [3.8, 4) is 0 Å². The minimum Gasteiger partial charge on any atom is -0.312 e. The Balaban J connectivity index is 2.98. The van der Waals surface area contributed by atoms with E-state index in [1.165, 1.54) is 17.6 Å². The molecule has 0 radical (unpaired) electrons. The molecule has 0 saturated carbocycles. The molecule has 0 atom stereocenters. The highest BCUT2D eigenvalue weighted by Gasteiger charge is 2.34. The molecule has 0 aliphatic carbocycles. The second-order valence-electron chi connectivity index (χ2n) is 6.11. The fourth-order valence-corrected chi connectivity index (χ4v) is 2.83. The summed E-state index contributed by atoms with van der Waals surface area (Å²) in [5.41, 5.74) is 0.232. The number of nitrogens with one attached hydrogen (secondary N) is 2. The summed E-state index contributed by atoms with van der Waals surface area (Å²) in [6.07, 6.45) is -0.183. The van der Waals surface area contributed by atoms with Gasteiger partial charge in [0.2, 0.25) is 0 Å². The maximum atomic E-state index is 13.3. The zero-order chi connectivity index (χ0) is 19.1. The lowest BCUT2D eigenvalue weighted by atomic mass is 9.79. The molecule has 0 saturated heterocycles. The van der Waals surface area contributed by atoms with Crippen LogP contribution in [-0.2, 0) is 12.7 Å². The number of benzene rings is 1. The molecule has 7 heteroatoms. The van der Waals surface area contributed by atoms with Gasteiger partial charge in [-0.3, -0.25) is 10.0 Å². The summed E-state index contributed by atoms with van der Waals surface area (Å²) >= 11 is 0. The van der Waals surface area contributed by atoms with Gasteiger partial charge in [-0.05, 0) is 42.4 Å². The number of hydrogen-bond acceptors (Lipinski definition) is 3. The zero-order valence-electron chi connectivity index (χ0n) is 14.5. The molecule has 1 aromatic carbocycles. The molecular weight excluding hydrogens is 333 g/mol. The van der Waals surface area contributed by atoms with Crippen molar-refractivity contribution in [2.24, 2.45) is 5.41 Å². The van der Waals surface area contributed by atoms with Gasteiger partial charge in [-0.1, -0.05) is 26.0 Å². The maximum absolute atomic E-state index is 13.3. The quantitative estimate of drug-likeness (QED) is 0.350. The van der Waals surface area contributed by atoms with Crippen LogP contribution >= 0.6 is 0 Å². The topological polar surface area (TPSA) is 61.4 Å². The summed E-state index contributed by atoms with van der Waals surface area (Å²) in [6, 6.07) is 3.26. The van der Waals surface area contributed by atoms with Gasteiger partial charge in [-0.2, -0.15) is 13.2 Å². The van der Waals surface area contributed by atoms with Crippen molar-refractivity contribution in [1.82, 2.24) is 10.8 Å². The van der Waals surface area contributed by atoms with E-state index in [0.29, 0.717) is 6.54 Å². The first kappa shape index (κ1) is 21.2. The summed E-state index contributed by atoms with van der Waals surface area (Å²) in [6.45, 7) is 8.47. The predicted molar refractivity (Wildman–Crippen MR) is 90.2 cm³/mol. The second kappa shape index (κ2) is 9.01. The van der Waals surface area contributed by atoms with Gasteiger partial charge >= 0.3 is 6.18 Å². The number of rotatable bonds is 9. The average Bonchev–Trinajstić information content (AvgIpc) is 2.59. The summed E-state index contributed by atoms with van der Waals surface area (Å²) < 4.78 is 39.8. The normalized spacial score (nSPS) is 12.1. The van der Waals surface area contributed by atoms with Gasteiger partial charge in [0.1, 0.15) is 0 Å². The highest BCUT2D eigenvalue weighted by atomic mass is 19.4. The molecule has 140 valence electrons. The Labute approximate surface area is 146 Å². The lowest BCUT2D eigenvalue weighted by Crippen LogP contribution is -2.33. The third kappa shape index (κ3) is 5.57. The van der Waals surface area contributed by atoms with E-state index in [4.69, 9.17) is 5.21 Å². The second-order valence-corrected chi connectivity index (χ2v) is 6.11. The van der Waals surface area contributed by atoms with Crippen LogP contribution in [0.3, 0.4) is 0 Å². The number of halogens is 3. The lowest BCUT2D eigenvalue weighted by Gasteiger charge is -2.31. The summed E-state index contributed by atoms with van der Waals surface area (Å²) in [5, 5.41) is 11.7. The first-order valence-electron chi connectivity index (χ1n) is 8.19. The van der Waals surface area contributed by atoms with Gasteiger partial charge in [-0.15, -0.1) is 6.58 Å². The van der Waals surface area contributed by atoms with E-state index >= 15 is 0 Å². The van der Waals surface area contributed by atoms with E-state index < -0.39 is 17.6 Å². The van der Waals surface area contributed by atoms with Crippen LogP contribution in [0.4, 0.5) is 13.2 Å². The minimum absolute atomic E-state index is 0.0309.